The van der Waals surface area contributed by atoms with E-state index in [-0.39, 0.29) is 20.8 Å². The zero-order valence-corrected chi connectivity index (χ0v) is 10.3. The van der Waals surface area contributed by atoms with E-state index in [1.807, 2.05) is 0 Å². The van der Waals surface area contributed by atoms with E-state index in [9.17, 15) is 4.57 Å². The van der Waals surface area contributed by atoms with Gasteiger partial charge in [0.15, 0.2) is 6.35 Å². The molecule has 0 aromatic heterocycles. The van der Waals surface area contributed by atoms with Crippen molar-refractivity contribution < 1.29 is 19.1 Å². The molecule has 0 radical (unpaired) electrons. The first-order valence-corrected chi connectivity index (χ1v) is 6.54. The van der Waals surface area contributed by atoms with Crippen LogP contribution in [-0.4, -0.2) is 16.1 Å². The zero-order valence-electron chi connectivity index (χ0n) is 7.15. The maximum Gasteiger partial charge on any atom is 0.362 e. The van der Waals surface area contributed by atoms with Gasteiger partial charge in [0.05, 0.1) is 15.1 Å². The lowest BCUT2D eigenvalue weighted by Crippen LogP contribution is -1.98. The molecule has 0 bridgehead atoms. The fourth-order valence-electron chi connectivity index (χ4n) is 0.769. The molecular formula is C7H6Cl3O4P. The maximum atomic E-state index is 10.5. The summed E-state index contributed by atoms with van der Waals surface area (Å²) in [6.45, 7) is 0. The van der Waals surface area contributed by atoms with Crippen LogP contribution >= 0.6 is 42.4 Å². The van der Waals surface area contributed by atoms with Crippen LogP contribution in [-0.2, 0) is 4.57 Å². The summed E-state index contributed by atoms with van der Waals surface area (Å²) in [6, 6.07) is 2.63. The fraction of sp³-hybridized carbons (Fsp3) is 0.143. The third-order valence-electron chi connectivity index (χ3n) is 1.36. The summed E-state index contributed by atoms with van der Waals surface area (Å²) >= 11 is 17.0. The summed E-state index contributed by atoms with van der Waals surface area (Å²) < 4.78 is 15.3. The molecule has 1 aromatic rings. The molecule has 1 aromatic carbocycles. The van der Waals surface area contributed by atoms with E-state index < -0.39 is 13.9 Å². The second-order valence-corrected chi connectivity index (χ2v) is 5.44. The van der Waals surface area contributed by atoms with Crippen LogP contribution in [0.15, 0.2) is 12.1 Å². The Morgan fingerprint density at radius 2 is 1.67 bits per heavy atom. The number of halogens is 3. The molecule has 0 saturated heterocycles. The van der Waals surface area contributed by atoms with Gasteiger partial charge in [-0.25, -0.2) is 0 Å². The highest BCUT2D eigenvalue weighted by atomic mass is 35.5. The Morgan fingerprint density at radius 3 is 2.20 bits per heavy atom. The van der Waals surface area contributed by atoms with Gasteiger partial charge in [-0.1, -0.05) is 34.8 Å². The SMILES string of the molecule is O=P(O)(O)COc1cc(Cl)c(Cl)cc1Cl. The molecule has 0 spiro atoms. The molecule has 0 aliphatic heterocycles. The Kier molecular flexibility index (Phi) is 4.29. The van der Waals surface area contributed by atoms with Crippen molar-refractivity contribution in [1.29, 1.82) is 0 Å². The number of ether oxygens (including phenoxy) is 1. The Morgan fingerprint density at radius 1 is 1.13 bits per heavy atom. The van der Waals surface area contributed by atoms with Crippen molar-refractivity contribution in [2.24, 2.45) is 0 Å². The first-order chi connectivity index (χ1) is 6.79. The van der Waals surface area contributed by atoms with Crippen LogP contribution in [0.3, 0.4) is 0 Å². The largest absolute Gasteiger partial charge is 0.479 e. The minimum atomic E-state index is -4.23. The summed E-state index contributed by atoms with van der Waals surface area (Å²) in [7, 11) is -4.23. The van der Waals surface area contributed by atoms with E-state index >= 15 is 0 Å². The minimum Gasteiger partial charge on any atom is -0.479 e. The van der Waals surface area contributed by atoms with Crippen LogP contribution in [0, 0.1) is 0 Å². The molecule has 84 valence electrons. The number of benzene rings is 1. The summed E-state index contributed by atoms with van der Waals surface area (Å²) in [5.74, 6) is 0.0781. The number of hydrogen-bond acceptors (Lipinski definition) is 2. The quantitative estimate of drug-likeness (QED) is 0.663. The van der Waals surface area contributed by atoms with E-state index in [4.69, 9.17) is 49.3 Å². The normalized spacial score (nSPS) is 11.5. The zero-order chi connectivity index (χ0) is 11.6. The summed E-state index contributed by atoms with van der Waals surface area (Å²) in [5.41, 5.74) is 0. The molecule has 8 heteroatoms. The molecule has 15 heavy (non-hydrogen) atoms. The van der Waals surface area contributed by atoms with Gasteiger partial charge in [-0.2, -0.15) is 0 Å². The third kappa shape index (κ3) is 4.19. The highest BCUT2D eigenvalue weighted by Gasteiger charge is 2.15. The van der Waals surface area contributed by atoms with Gasteiger partial charge in [-0.3, -0.25) is 4.57 Å². The topological polar surface area (TPSA) is 66.8 Å². The molecular weight excluding hydrogens is 285 g/mol. The number of hydrogen-bond donors (Lipinski definition) is 2. The van der Waals surface area contributed by atoms with Crippen molar-refractivity contribution in [2.45, 2.75) is 0 Å². The van der Waals surface area contributed by atoms with Crippen LogP contribution in [0.2, 0.25) is 15.1 Å². The second kappa shape index (κ2) is 4.91. The molecule has 0 aliphatic rings. The van der Waals surface area contributed by atoms with Crippen LogP contribution in [0.4, 0.5) is 0 Å². The molecule has 0 atom stereocenters. The molecule has 0 aliphatic carbocycles. The van der Waals surface area contributed by atoms with Crippen molar-refractivity contribution in [1.82, 2.24) is 0 Å². The van der Waals surface area contributed by atoms with E-state index in [0.717, 1.165) is 0 Å². The average Bonchev–Trinajstić information content (AvgIpc) is 2.07. The highest BCUT2D eigenvalue weighted by Crippen LogP contribution is 2.38. The van der Waals surface area contributed by atoms with Gasteiger partial charge < -0.3 is 14.5 Å². The van der Waals surface area contributed by atoms with Crippen molar-refractivity contribution in [2.75, 3.05) is 6.35 Å². The van der Waals surface area contributed by atoms with E-state index in [1.165, 1.54) is 12.1 Å². The summed E-state index contributed by atoms with van der Waals surface area (Å²) in [6.07, 6.45) is -0.759. The molecule has 0 heterocycles. The number of rotatable bonds is 3. The van der Waals surface area contributed by atoms with Crippen LogP contribution in [0.5, 0.6) is 5.75 Å². The highest BCUT2D eigenvalue weighted by molar-refractivity contribution is 7.51. The second-order valence-electron chi connectivity index (χ2n) is 2.63. The van der Waals surface area contributed by atoms with Crippen molar-refractivity contribution >= 4 is 42.4 Å². The summed E-state index contributed by atoms with van der Waals surface area (Å²) in [4.78, 5) is 17.2. The molecule has 1 rings (SSSR count). The van der Waals surface area contributed by atoms with Gasteiger partial charge >= 0.3 is 7.60 Å². The van der Waals surface area contributed by atoms with E-state index in [2.05, 4.69) is 0 Å². The lowest BCUT2D eigenvalue weighted by molar-refractivity contribution is 0.300. The van der Waals surface area contributed by atoms with Gasteiger partial charge in [0, 0.05) is 6.07 Å². The standard InChI is InChI=1S/C7H6Cl3O4P/c8-4-1-6(10)7(2-5(4)9)14-3-15(11,12)13/h1-2H,3H2,(H2,11,12,13). The summed E-state index contributed by atoms with van der Waals surface area (Å²) in [5, 5.41) is 0.574. The molecule has 0 fully saturated rings. The molecule has 2 N–H and O–H groups in total. The Labute approximate surface area is 101 Å². The maximum absolute atomic E-state index is 10.5. The lowest BCUT2D eigenvalue weighted by Gasteiger charge is -2.09. The Balaban J connectivity index is 2.87. The van der Waals surface area contributed by atoms with Crippen LogP contribution < -0.4 is 4.74 Å². The smallest absolute Gasteiger partial charge is 0.362 e. The first-order valence-electron chi connectivity index (χ1n) is 3.61. The van der Waals surface area contributed by atoms with Crippen LogP contribution in [0.25, 0.3) is 0 Å². The Hall–Kier alpha value is 0.0400. The van der Waals surface area contributed by atoms with Gasteiger partial charge in [0.2, 0.25) is 0 Å². The van der Waals surface area contributed by atoms with Crippen molar-refractivity contribution in [3.63, 3.8) is 0 Å². The average molecular weight is 291 g/mol. The minimum absolute atomic E-state index is 0.0781. The van der Waals surface area contributed by atoms with Gasteiger partial charge in [-0.05, 0) is 6.07 Å². The van der Waals surface area contributed by atoms with E-state index in [1.54, 1.807) is 0 Å². The van der Waals surface area contributed by atoms with Crippen LogP contribution in [0.1, 0.15) is 0 Å². The predicted molar refractivity (Wildman–Crippen MR) is 59.0 cm³/mol. The van der Waals surface area contributed by atoms with Crippen molar-refractivity contribution in [3.8, 4) is 5.75 Å². The van der Waals surface area contributed by atoms with Gasteiger partial charge in [0.1, 0.15) is 5.75 Å². The lowest BCUT2D eigenvalue weighted by atomic mass is 10.3. The molecule has 0 unspecified atom stereocenters. The fourth-order valence-corrected chi connectivity index (χ4v) is 1.67. The third-order valence-corrected chi connectivity index (χ3v) is 2.85. The molecule has 4 nitrogen and oxygen atoms in total. The monoisotopic (exact) mass is 290 g/mol. The molecule has 0 amide bonds. The van der Waals surface area contributed by atoms with Crippen molar-refractivity contribution in [3.05, 3.63) is 27.2 Å². The van der Waals surface area contributed by atoms with Gasteiger partial charge in [0.25, 0.3) is 0 Å². The van der Waals surface area contributed by atoms with Gasteiger partial charge in [-0.15, -0.1) is 0 Å². The Bertz CT molecular complexity index is 417. The predicted octanol–water partition coefficient (Wildman–Crippen LogP) is 3.16. The first kappa shape index (κ1) is 13.1. The van der Waals surface area contributed by atoms with E-state index in [0.29, 0.717) is 0 Å². The molecule has 0 saturated carbocycles.